The number of hydrogen-bond donors (Lipinski definition) is 1. The Kier molecular flexibility index (Phi) is 5.67. The molecule has 3 atom stereocenters. The van der Waals surface area contributed by atoms with Crippen molar-refractivity contribution in [1.82, 2.24) is 0 Å². The van der Waals surface area contributed by atoms with E-state index in [0.717, 1.165) is 19.3 Å². The number of methoxy groups -OCH3 is 2. The van der Waals surface area contributed by atoms with E-state index < -0.39 is 0 Å². The minimum atomic E-state index is -0.323. The zero-order valence-electron chi connectivity index (χ0n) is 17.9. The molecule has 7 heteroatoms. The molecule has 31 heavy (non-hydrogen) atoms. The van der Waals surface area contributed by atoms with E-state index in [1.54, 1.807) is 49.6 Å². The van der Waals surface area contributed by atoms with E-state index in [1.165, 1.54) is 12.0 Å². The summed E-state index contributed by atoms with van der Waals surface area (Å²) in [6.07, 6.45) is 2.50. The van der Waals surface area contributed by atoms with Crippen molar-refractivity contribution in [2.24, 2.45) is 17.8 Å². The van der Waals surface area contributed by atoms with Crippen LogP contribution in [0.3, 0.4) is 0 Å². The largest absolute Gasteiger partial charge is 0.497 e. The predicted octanol–water partition coefficient (Wildman–Crippen LogP) is 3.88. The minimum Gasteiger partial charge on any atom is -0.497 e. The fraction of sp³-hybridized carbons (Fsp3) is 0.375. The molecule has 1 N–H and O–H groups in total. The van der Waals surface area contributed by atoms with Crippen molar-refractivity contribution < 1.29 is 23.9 Å². The van der Waals surface area contributed by atoms with Crippen LogP contribution in [0.25, 0.3) is 0 Å². The van der Waals surface area contributed by atoms with Gasteiger partial charge in [-0.05, 0) is 61.6 Å². The van der Waals surface area contributed by atoms with Gasteiger partial charge in [0.2, 0.25) is 11.8 Å². The van der Waals surface area contributed by atoms with E-state index in [2.05, 4.69) is 12.2 Å². The second kappa shape index (κ2) is 8.41. The third kappa shape index (κ3) is 3.87. The number of nitrogens with one attached hydrogen (secondary N) is 1. The molecule has 1 saturated carbocycles. The zero-order valence-corrected chi connectivity index (χ0v) is 17.9. The maximum atomic E-state index is 12.9. The molecule has 3 amide bonds. The molecular weight excluding hydrogens is 396 g/mol. The Morgan fingerprint density at radius 2 is 1.68 bits per heavy atom. The van der Waals surface area contributed by atoms with Gasteiger partial charge in [0.05, 0.1) is 37.4 Å². The Labute approximate surface area is 181 Å². The zero-order chi connectivity index (χ0) is 22.1. The Morgan fingerprint density at radius 1 is 0.968 bits per heavy atom. The predicted molar refractivity (Wildman–Crippen MR) is 116 cm³/mol. The maximum absolute atomic E-state index is 12.9. The lowest BCUT2D eigenvalue weighted by atomic mass is 9.76. The van der Waals surface area contributed by atoms with Gasteiger partial charge in [0, 0.05) is 11.6 Å². The summed E-state index contributed by atoms with van der Waals surface area (Å²) in [5, 5.41) is 2.81. The first kappa shape index (κ1) is 20.9. The number of amides is 3. The van der Waals surface area contributed by atoms with E-state index in [4.69, 9.17) is 9.47 Å². The summed E-state index contributed by atoms with van der Waals surface area (Å²) >= 11 is 0. The number of fused-ring (bicyclic) bond motifs is 1. The van der Waals surface area contributed by atoms with Gasteiger partial charge in [-0.2, -0.15) is 0 Å². The van der Waals surface area contributed by atoms with E-state index in [0.29, 0.717) is 34.4 Å². The Balaban J connectivity index is 1.50. The quantitative estimate of drug-likeness (QED) is 0.739. The second-order valence-corrected chi connectivity index (χ2v) is 8.21. The van der Waals surface area contributed by atoms with Crippen molar-refractivity contribution in [3.05, 3.63) is 48.0 Å². The summed E-state index contributed by atoms with van der Waals surface area (Å²) in [5.74, 6) is 0.554. The smallest absolute Gasteiger partial charge is 0.255 e. The molecule has 1 saturated heterocycles. The van der Waals surface area contributed by atoms with Gasteiger partial charge in [-0.1, -0.05) is 6.92 Å². The van der Waals surface area contributed by atoms with Gasteiger partial charge < -0.3 is 14.8 Å². The van der Waals surface area contributed by atoms with Crippen molar-refractivity contribution in [3.63, 3.8) is 0 Å². The Hall–Kier alpha value is -3.35. The van der Waals surface area contributed by atoms with Crippen molar-refractivity contribution in [3.8, 4) is 11.5 Å². The number of nitrogens with zero attached hydrogens (tertiary/aromatic N) is 1. The number of rotatable bonds is 5. The fourth-order valence-corrected chi connectivity index (χ4v) is 4.50. The third-order valence-electron chi connectivity index (χ3n) is 6.23. The molecule has 1 aliphatic heterocycles. The number of hydrogen-bond acceptors (Lipinski definition) is 5. The molecule has 0 unspecified atom stereocenters. The van der Waals surface area contributed by atoms with Crippen molar-refractivity contribution in [1.29, 1.82) is 0 Å². The van der Waals surface area contributed by atoms with Crippen LogP contribution in [-0.2, 0) is 9.59 Å². The summed E-state index contributed by atoms with van der Waals surface area (Å²) in [7, 11) is 3.07. The molecule has 1 aliphatic carbocycles. The van der Waals surface area contributed by atoms with Crippen LogP contribution in [-0.4, -0.2) is 31.9 Å². The lowest BCUT2D eigenvalue weighted by molar-refractivity contribution is -0.122. The number of imide groups is 1. The SMILES string of the molecule is COc1ccc(NC(=O)c2ccc(N3C(=O)[C@H]4C[C@@H](C)CC[C@H]4C3=O)cc2)c(OC)c1. The summed E-state index contributed by atoms with van der Waals surface area (Å²) in [6, 6.07) is 11.6. The van der Waals surface area contributed by atoms with Crippen LogP contribution in [0.5, 0.6) is 11.5 Å². The molecular formula is C24H26N2O5. The van der Waals surface area contributed by atoms with Gasteiger partial charge in [-0.3, -0.25) is 19.3 Å². The molecule has 0 radical (unpaired) electrons. The minimum absolute atomic E-state index is 0.123. The van der Waals surface area contributed by atoms with Crippen LogP contribution in [0.15, 0.2) is 42.5 Å². The van der Waals surface area contributed by atoms with Crippen molar-refractivity contribution >= 4 is 29.1 Å². The van der Waals surface area contributed by atoms with Crippen LogP contribution in [0, 0.1) is 17.8 Å². The van der Waals surface area contributed by atoms with E-state index in [-0.39, 0.29) is 29.6 Å². The standard InChI is InChI=1S/C24H26N2O5/c1-14-4-10-18-19(12-14)24(29)26(23(18)28)16-7-5-15(6-8-16)22(27)25-20-11-9-17(30-2)13-21(20)31-3/h5-9,11,13-14,18-19H,4,10,12H2,1-3H3,(H,25,27)/t14-,18+,19-/m0/s1. The average Bonchev–Trinajstić information content (AvgIpc) is 3.03. The highest BCUT2D eigenvalue weighted by Crippen LogP contribution is 2.42. The summed E-state index contributed by atoms with van der Waals surface area (Å²) in [4.78, 5) is 39.7. The lowest BCUT2D eigenvalue weighted by Crippen LogP contribution is -2.30. The van der Waals surface area contributed by atoms with Gasteiger partial charge >= 0.3 is 0 Å². The molecule has 2 aliphatic rings. The van der Waals surface area contributed by atoms with Gasteiger partial charge in [-0.25, -0.2) is 0 Å². The molecule has 2 aromatic carbocycles. The highest BCUT2D eigenvalue weighted by atomic mass is 16.5. The number of ether oxygens (including phenoxy) is 2. The van der Waals surface area contributed by atoms with Gasteiger partial charge in [-0.15, -0.1) is 0 Å². The molecule has 2 fully saturated rings. The topological polar surface area (TPSA) is 84.9 Å². The Morgan fingerprint density at radius 3 is 2.35 bits per heavy atom. The molecule has 1 heterocycles. The molecule has 0 aromatic heterocycles. The van der Waals surface area contributed by atoms with Crippen LogP contribution >= 0.6 is 0 Å². The second-order valence-electron chi connectivity index (χ2n) is 8.21. The van der Waals surface area contributed by atoms with Crippen LogP contribution in [0.2, 0.25) is 0 Å². The van der Waals surface area contributed by atoms with Crippen molar-refractivity contribution in [2.75, 3.05) is 24.4 Å². The number of anilines is 2. The maximum Gasteiger partial charge on any atom is 0.255 e. The normalized spacial score (nSPS) is 22.8. The highest BCUT2D eigenvalue weighted by Gasteiger charge is 2.49. The van der Waals surface area contributed by atoms with Crippen LogP contribution < -0.4 is 19.7 Å². The number of carbonyl (C=O) groups excluding carboxylic acids is 3. The molecule has 4 rings (SSSR count). The van der Waals surface area contributed by atoms with Crippen LogP contribution in [0.4, 0.5) is 11.4 Å². The van der Waals surface area contributed by atoms with Gasteiger partial charge in [0.25, 0.3) is 5.91 Å². The summed E-state index contributed by atoms with van der Waals surface area (Å²) < 4.78 is 10.5. The van der Waals surface area contributed by atoms with Crippen molar-refractivity contribution in [2.45, 2.75) is 26.2 Å². The fourth-order valence-electron chi connectivity index (χ4n) is 4.50. The molecule has 162 valence electrons. The third-order valence-corrected chi connectivity index (χ3v) is 6.23. The molecule has 2 aromatic rings. The lowest BCUT2D eigenvalue weighted by Gasteiger charge is -2.25. The first-order valence-corrected chi connectivity index (χ1v) is 10.4. The van der Waals surface area contributed by atoms with Gasteiger partial charge in [0.1, 0.15) is 11.5 Å². The highest BCUT2D eigenvalue weighted by molar-refractivity contribution is 6.22. The van der Waals surface area contributed by atoms with E-state index in [1.807, 2.05) is 0 Å². The molecule has 0 bridgehead atoms. The Bertz CT molecular complexity index is 1020. The van der Waals surface area contributed by atoms with Crippen LogP contribution in [0.1, 0.15) is 36.5 Å². The average molecular weight is 422 g/mol. The number of benzene rings is 2. The molecule has 0 spiro atoms. The first-order valence-electron chi connectivity index (χ1n) is 10.4. The van der Waals surface area contributed by atoms with Gasteiger partial charge in [0.15, 0.2) is 0 Å². The summed E-state index contributed by atoms with van der Waals surface area (Å²) in [5.41, 5.74) is 1.43. The monoisotopic (exact) mass is 422 g/mol. The van der Waals surface area contributed by atoms with E-state index >= 15 is 0 Å². The number of carbonyl (C=O) groups is 3. The first-order chi connectivity index (χ1) is 14.9. The van der Waals surface area contributed by atoms with E-state index in [9.17, 15) is 14.4 Å². The summed E-state index contributed by atoms with van der Waals surface area (Å²) in [6.45, 7) is 2.13. The molecule has 7 nitrogen and oxygen atoms in total.